The normalized spacial score (nSPS) is 18.6. The zero-order chi connectivity index (χ0) is 14.4. The highest BCUT2D eigenvalue weighted by molar-refractivity contribution is 5.92. The molecule has 2 N–H and O–H groups in total. The van der Waals surface area contributed by atoms with Crippen molar-refractivity contribution in [2.75, 3.05) is 39.3 Å². The Kier molecular flexibility index (Phi) is 5.49. The molecule has 5 heteroatoms. The fourth-order valence-corrected chi connectivity index (χ4v) is 2.52. The molecule has 1 fully saturated rings. The molecule has 5 nitrogen and oxygen atoms in total. The first-order valence-corrected chi connectivity index (χ1v) is 7.33. The third kappa shape index (κ3) is 4.02. The van der Waals surface area contributed by atoms with E-state index in [0.717, 1.165) is 39.1 Å². The zero-order valence-corrected chi connectivity index (χ0v) is 12.2. The van der Waals surface area contributed by atoms with Crippen molar-refractivity contribution >= 4 is 5.91 Å². The number of rotatable bonds is 4. The standard InChI is InChI=1S/C15H24N4O/c1-13(11-16)12-18-7-4-8-19(10-9-18)15(20)14-5-2-3-6-17-14/h2-3,5-6,13H,4,7-12,16H2,1H3. The van der Waals surface area contributed by atoms with Gasteiger partial charge in [0.05, 0.1) is 0 Å². The Morgan fingerprint density at radius 3 is 2.90 bits per heavy atom. The number of aromatic nitrogens is 1. The quantitative estimate of drug-likeness (QED) is 0.884. The lowest BCUT2D eigenvalue weighted by atomic mass is 10.1. The second-order valence-electron chi connectivity index (χ2n) is 5.50. The van der Waals surface area contributed by atoms with Crippen molar-refractivity contribution in [2.24, 2.45) is 11.7 Å². The Morgan fingerprint density at radius 1 is 1.35 bits per heavy atom. The van der Waals surface area contributed by atoms with Crippen LogP contribution in [-0.4, -0.2) is 60.0 Å². The maximum atomic E-state index is 12.4. The summed E-state index contributed by atoms with van der Waals surface area (Å²) in [5.41, 5.74) is 6.22. The van der Waals surface area contributed by atoms with Gasteiger partial charge in [-0.2, -0.15) is 0 Å². The average molecular weight is 276 g/mol. The van der Waals surface area contributed by atoms with Crippen molar-refractivity contribution in [3.8, 4) is 0 Å². The van der Waals surface area contributed by atoms with Crippen molar-refractivity contribution in [3.05, 3.63) is 30.1 Å². The third-order valence-corrected chi connectivity index (χ3v) is 3.73. The number of carbonyl (C=O) groups excluding carboxylic acids is 1. The van der Waals surface area contributed by atoms with Gasteiger partial charge < -0.3 is 15.5 Å². The van der Waals surface area contributed by atoms with Gasteiger partial charge in [-0.3, -0.25) is 9.78 Å². The Labute approximate surface area is 120 Å². The van der Waals surface area contributed by atoms with Crippen LogP contribution in [0.4, 0.5) is 0 Å². The number of amides is 1. The molecule has 0 saturated carbocycles. The van der Waals surface area contributed by atoms with Gasteiger partial charge in [0.15, 0.2) is 0 Å². The third-order valence-electron chi connectivity index (χ3n) is 3.73. The van der Waals surface area contributed by atoms with Gasteiger partial charge in [0.1, 0.15) is 5.69 Å². The molecule has 110 valence electrons. The summed E-state index contributed by atoms with van der Waals surface area (Å²) in [6.07, 6.45) is 2.68. The Balaban J connectivity index is 1.91. The predicted octanol–water partition coefficient (Wildman–Crippen LogP) is 0.824. The summed E-state index contributed by atoms with van der Waals surface area (Å²) in [5.74, 6) is 0.548. The first-order chi connectivity index (χ1) is 9.70. The van der Waals surface area contributed by atoms with Gasteiger partial charge in [-0.25, -0.2) is 0 Å². The van der Waals surface area contributed by atoms with E-state index in [1.54, 1.807) is 12.3 Å². The number of carbonyl (C=O) groups is 1. The molecular formula is C15H24N4O. The number of pyridine rings is 1. The van der Waals surface area contributed by atoms with Gasteiger partial charge in [0.25, 0.3) is 5.91 Å². The fraction of sp³-hybridized carbons (Fsp3) is 0.600. The van der Waals surface area contributed by atoms with E-state index < -0.39 is 0 Å². The SMILES string of the molecule is CC(CN)CN1CCCN(C(=O)c2ccccn2)CC1. The van der Waals surface area contributed by atoms with Crippen LogP contribution in [0.2, 0.25) is 0 Å². The van der Waals surface area contributed by atoms with Crippen LogP contribution >= 0.6 is 0 Å². The van der Waals surface area contributed by atoms with Gasteiger partial charge in [-0.15, -0.1) is 0 Å². The van der Waals surface area contributed by atoms with Gasteiger partial charge in [0, 0.05) is 32.4 Å². The number of nitrogens with two attached hydrogens (primary N) is 1. The molecule has 0 aliphatic carbocycles. The first-order valence-electron chi connectivity index (χ1n) is 7.33. The summed E-state index contributed by atoms with van der Waals surface area (Å²) < 4.78 is 0. The van der Waals surface area contributed by atoms with Crippen molar-refractivity contribution < 1.29 is 4.79 Å². The van der Waals surface area contributed by atoms with Gasteiger partial charge >= 0.3 is 0 Å². The molecule has 1 amide bonds. The maximum Gasteiger partial charge on any atom is 0.272 e. The summed E-state index contributed by atoms with van der Waals surface area (Å²) in [5, 5.41) is 0. The Morgan fingerprint density at radius 2 is 2.20 bits per heavy atom. The highest BCUT2D eigenvalue weighted by Gasteiger charge is 2.21. The van der Waals surface area contributed by atoms with Crippen molar-refractivity contribution in [1.29, 1.82) is 0 Å². The van der Waals surface area contributed by atoms with Gasteiger partial charge in [-0.1, -0.05) is 13.0 Å². The lowest BCUT2D eigenvalue weighted by molar-refractivity contribution is 0.0755. The summed E-state index contributed by atoms with van der Waals surface area (Å²) in [4.78, 5) is 20.8. The fourth-order valence-electron chi connectivity index (χ4n) is 2.52. The Hall–Kier alpha value is -1.46. The molecule has 1 aliphatic rings. The molecule has 20 heavy (non-hydrogen) atoms. The molecule has 0 spiro atoms. The zero-order valence-electron chi connectivity index (χ0n) is 12.2. The van der Waals surface area contributed by atoms with E-state index in [-0.39, 0.29) is 5.91 Å². The van der Waals surface area contributed by atoms with Crippen molar-refractivity contribution in [2.45, 2.75) is 13.3 Å². The van der Waals surface area contributed by atoms with Crippen LogP contribution in [0, 0.1) is 5.92 Å². The lowest BCUT2D eigenvalue weighted by Gasteiger charge is -2.23. The maximum absolute atomic E-state index is 12.4. The molecule has 1 aromatic rings. The number of nitrogens with zero attached hydrogens (tertiary/aromatic N) is 3. The smallest absolute Gasteiger partial charge is 0.272 e. The van der Waals surface area contributed by atoms with E-state index in [2.05, 4.69) is 16.8 Å². The molecule has 0 bridgehead atoms. The van der Waals surface area contributed by atoms with E-state index in [0.29, 0.717) is 18.2 Å². The minimum Gasteiger partial charge on any atom is -0.336 e. The van der Waals surface area contributed by atoms with Crippen LogP contribution in [-0.2, 0) is 0 Å². The lowest BCUT2D eigenvalue weighted by Crippen LogP contribution is -2.37. The summed E-state index contributed by atoms with van der Waals surface area (Å²) >= 11 is 0. The highest BCUT2D eigenvalue weighted by atomic mass is 16.2. The number of hydrogen-bond donors (Lipinski definition) is 1. The Bertz CT molecular complexity index is 423. The molecule has 1 aliphatic heterocycles. The molecule has 2 heterocycles. The van der Waals surface area contributed by atoms with Gasteiger partial charge in [0.2, 0.25) is 0 Å². The van der Waals surface area contributed by atoms with Crippen LogP contribution in [0.5, 0.6) is 0 Å². The van der Waals surface area contributed by atoms with Crippen molar-refractivity contribution in [1.82, 2.24) is 14.8 Å². The first kappa shape index (κ1) is 14.9. The van der Waals surface area contributed by atoms with E-state index in [1.165, 1.54) is 0 Å². The molecule has 0 radical (unpaired) electrons. The molecule has 1 atom stereocenters. The molecule has 1 unspecified atom stereocenters. The topological polar surface area (TPSA) is 62.5 Å². The highest BCUT2D eigenvalue weighted by Crippen LogP contribution is 2.09. The van der Waals surface area contributed by atoms with Crippen LogP contribution < -0.4 is 5.73 Å². The van der Waals surface area contributed by atoms with E-state index in [9.17, 15) is 4.79 Å². The van der Waals surface area contributed by atoms with E-state index >= 15 is 0 Å². The summed E-state index contributed by atoms with van der Waals surface area (Å²) in [7, 11) is 0. The van der Waals surface area contributed by atoms with Crippen LogP contribution in [0.1, 0.15) is 23.8 Å². The molecule has 1 saturated heterocycles. The summed E-state index contributed by atoms with van der Waals surface area (Å²) in [6.45, 7) is 7.44. The second kappa shape index (κ2) is 7.36. The summed E-state index contributed by atoms with van der Waals surface area (Å²) in [6, 6.07) is 5.46. The molecule has 2 rings (SSSR count). The average Bonchev–Trinajstić information content (AvgIpc) is 2.73. The van der Waals surface area contributed by atoms with Gasteiger partial charge in [-0.05, 0) is 37.6 Å². The van der Waals surface area contributed by atoms with Crippen LogP contribution in [0.25, 0.3) is 0 Å². The van der Waals surface area contributed by atoms with E-state index in [1.807, 2.05) is 17.0 Å². The monoisotopic (exact) mass is 276 g/mol. The minimum absolute atomic E-state index is 0.0410. The number of hydrogen-bond acceptors (Lipinski definition) is 4. The molecular weight excluding hydrogens is 252 g/mol. The second-order valence-corrected chi connectivity index (χ2v) is 5.50. The minimum atomic E-state index is 0.0410. The predicted molar refractivity (Wildman–Crippen MR) is 79.4 cm³/mol. The molecule has 1 aromatic heterocycles. The van der Waals surface area contributed by atoms with Crippen LogP contribution in [0.3, 0.4) is 0 Å². The molecule has 0 aromatic carbocycles. The van der Waals surface area contributed by atoms with E-state index in [4.69, 9.17) is 5.73 Å². The van der Waals surface area contributed by atoms with Crippen molar-refractivity contribution in [3.63, 3.8) is 0 Å². The largest absolute Gasteiger partial charge is 0.336 e. The van der Waals surface area contributed by atoms with Crippen LogP contribution in [0.15, 0.2) is 24.4 Å².